The molecule has 4 heteroatoms. The number of amides is 1. The summed E-state index contributed by atoms with van der Waals surface area (Å²) in [6, 6.07) is 17.7. The molecule has 1 amide bonds. The van der Waals surface area contributed by atoms with Gasteiger partial charge in [-0.25, -0.2) is 0 Å². The highest BCUT2D eigenvalue weighted by Gasteiger charge is 2.18. The lowest BCUT2D eigenvalue weighted by Crippen LogP contribution is -2.40. The zero-order chi connectivity index (χ0) is 19.8. The summed E-state index contributed by atoms with van der Waals surface area (Å²) in [5.74, 6) is 0.862. The Morgan fingerprint density at radius 2 is 1.79 bits per heavy atom. The van der Waals surface area contributed by atoms with E-state index in [1.54, 1.807) is 6.08 Å². The number of carbonyl (C=O) groups excluding carboxylic acids is 1. The van der Waals surface area contributed by atoms with E-state index in [1.165, 1.54) is 12.8 Å². The minimum absolute atomic E-state index is 0.0455. The molecular weight excluding hydrogens is 368 g/mol. The van der Waals surface area contributed by atoms with Crippen LogP contribution in [-0.2, 0) is 11.3 Å². The van der Waals surface area contributed by atoms with Crippen LogP contribution >= 0.6 is 11.6 Å². The lowest BCUT2D eigenvalue weighted by atomic mass is 9.99. The maximum Gasteiger partial charge on any atom is 0.246 e. The lowest BCUT2D eigenvalue weighted by molar-refractivity contribution is -0.126. The Morgan fingerprint density at radius 1 is 1.11 bits per heavy atom. The Labute approximate surface area is 173 Å². The maximum absolute atomic E-state index is 12.9. The van der Waals surface area contributed by atoms with E-state index in [1.807, 2.05) is 65.6 Å². The van der Waals surface area contributed by atoms with Gasteiger partial charge in [-0.3, -0.25) is 4.79 Å². The summed E-state index contributed by atoms with van der Waals surface area (Å²) < 4.78 is 0. The van der Waals surface area contributed by atoms with Gasteiger partial charge in [0.15, 0.2) is 0 Å². The van der Waals surface area contributed by atoms with Gasteiger partial charge < -0.3 is 9.80 Å². The largest absolute Gasteiger partial charge is 0.334 e. The fourth-order valence-electron chi connectivity index (χ4n) is 3.46. The van der Waals surface area contributed by atoms with Gasteiger partial charge in [-0.1, -0.05) is 61.0 Å². The monoisotopic (exact) mass is 396 g/mol. The van der Waals surface area contributed by atoms with E-state index < -0.39 is 0 Å². The minimum atomic E-state index is 0.0455. The molecule has 0 aliphatic carbocycles. The van der Waals surface area contributed by atoms with Gasteiger partial charge in [0.2, 0.25) is 5.91 Å². The number of piperidine rings is 1. The average Bonchev–Trinajstić information content (AvgIpc) is 2.72. The third-order valence-electron chi connectivity index (χ3n) is 5.38. The third-order valence-corrected chi connectivity index (χ3v) is 5.63. The van der Waals surface area contributed by atoms with Crippen LogP contribution in [0.5, 0.6) is 0 Å². The Morgan fingerprint density at radius 3 is 2.46 bits per heavy atom. The first-order valence-corrected chi connectivity index (χ1v) is 10.5. The van der Waals surface area contributed by atoms with E-state index in [-0.39, 0.29) is 5.91 Å². The average molecular weight is 397 g/mol. The first-order chi connectivity index (χ1) is 13.6. The van der Waals surface area contributed by atoms with E-state index in [0.717, 1.165) is 43.2 Å². The SMILES string of the molecule is CC1CCN(CCN(Cc2ccc(Cl)cc2)C(=O)/C=C/c2ccccc2)CC1. The van der Waals surface area contributed by atoms with Crippen LogP contribution in [0.3, 0.4) is 0 Å². The van der Waals surface area contributed by atoms with Gasteiger partial charge in [-0.05, 0) is 61.2 Å². The molecule has 0 unspecified atom stereocenters. The Balaban J connectivity index is 1.65. The molecule has 1 heterocycles. The molecular formula is C24H29ClN2O. The molecule has 2 aromatic rings. The molecule has 0 bridgehead atoms. The second kappa shape index (κ2) is 10.4. The highest BCUT2D eigenvalue weighted by atomic mass is 35.5. The number of likely N-dealkylation sites (tertiary alicyclic amines) is 1. The molecule has 3 rings (SSSR count). The van der Waals surface area contributed by atoms with E-state index in [9.17, 15) is 4.79 Å². The molecule has 0 radical (unpaired) electrons. The Hall–Kier alpha value is -2.10. The van der Waals surface area contributed by atoms with Gasteiger partial charge in [0.1, 0.15) is 0 Å². The molecule has 0 spiro atoms. The van der Waals surface area contributed by atoms with Crippen molar-refractivity contribution in [2.75, 3.05) is 26.2 Å². The van der Waals surface area contributed by atoms with Gasteiger partial charge >= 0.3 is 0 Å². The molecule has 0 N–H and O–H groups in total. The molecule has 0 aromatic heterocycles. The van der Waals surface area contributed by atoms with Crippen LogP contribution in [0.25, 0.3) is 6.08 Å². The van der Waals surface area contributed by atoms with Crippen LogP contribution in [0.1, 0.15) is 30.9 Å². The summed E-state index contributed by atoms with van der Waals surface area (Å²) in [5.41, 5.74) is 2.13. The number of benzene rings is 2. The van der Waals surface area contributed by atoms with Crippen molar-refractivity contribution in [1.82, 2.24) is 9.80 Å². The van der Waals surface area contributed by atoms with Crippen molar-refractivity contribution in [3.05, 3.63) is 76.8 Å². The van der Waals surface area contributed by atoms with E-state index in [0.29, 0.717) is 11.6 Å². The molecule has 1 saturated heterocycles. The molecule has 0 saturated carbocycles. The van der Waals surface area contributed by atoms with Crippen molar-refractivity contribution >= 4 is 23.6 Å². The second-order valence-corrected chi connectivity index (χ2v) is 8.09. The van der Waals surface area contributed by atoms with Gasteiger partial charge in [-0.2, -0.15) is 0 Å². The first kappa shape index (κ1) is 20.6. The van der Waals surface area contributed by atoms with E-state index >= 15 is 0 Å². The zero-order valence-electron chi connectivity index (χ0n) is 16.6. The second-order valence-electron chi connectivity index (χ2n) is 7.65. The Bertz CT molecular complexity index is 765. The van der Waals surface area contributed by atoms with Gasteiger partial charge in [0.05, 0.1) is 0 Å². The summed E-state index contributed by atoms with van der Waals surface area (Å²) in [7, 11) is 0. The molecule has 28 heavy (non-hydrogen) atoms. The number of hydrogen-bond donors (Lipinski definition) is 0. The van der Waals surface area contributed by atoms with E-state index in [4.69, 9.17) is 11.6 Å². The number of nitrogens with zero attached hydrogens (tertiary/aromatic N) is 2. The summed E-state index contributed by atoms with van der Waals surface area (Å²) in [5, 5.41) is 0.716. The summed E-state index contributed by atoms with van der Waals surface area (Å²) in [6.07, 6.45) is 6.07. The summed E-state index contributed by atoms with van der Waals surface area (Å²) in [4.78, 5) is 17.3. The van der Waals surface area contributed by atoms with Crippen LogP contribution in [0.15, 0.2) is 60.7 Å². The normalized spacial score (nSPS) is 15.8. The van der Waals surface area contributed by atoms with E-state index in [2.05, 4.69) is 11.8 Å². The smallest absolute Gasteiger partial charge is 0.246 e. The van der Waals surface area contributed by atoms with Crippen LogP contribution in [0.2, 0.25) is 5.02 Å². The quantitative estimate of drug-likeness (QED) is 0.607. The van der Waals surface area contributed by atoms with Crippen molar-refractivity contribution in [3.63, 3.8) is 0 Å². The lowest BCUT2D eigenvalue weighted by Gasteiger charge is -2.32. The predicted molar refractivity (Wildman–Crippen MR) is 117 cm³/mol. The maximum atomic E-state index is 12.9. The van der Waals surface area contributed by atoms with Crippen molar-refractivity contribution in [1.29, 1.82) is 0 Å². The first-order valence-electron chi connectivity index (χ1n) is 10.1. The van der Waals surface area contributed by atoms with Gasteiger partial charge in [0.25, 0.3) is 0 Å². The van der Waals surface area contributed by atoms with Gasteiger partial charge in [-0.15, -0.1) is 0 Å². The standard InChI is InChI=1S/C24H29ClN2O/c1-20-13-15-26(16-14-20)17-18-27(19-22-7-10-23(25)11-8-22)24(28)12-9-21-5-3-2-4-6-21/h2-12,20H,13-19H2,1H3/b12-9+. The minimum Gasteiger partial charge on any atom is -0.334 e. The number of hydrogen-bond acceptors (Lipinski definition) is 2. The molecule has 3 nitrogen and oxygen atoms in total. The van der Waals surface area contributed by atoms with Crippen LogP contribution < -0.4 is 0 Å². The van der Waals surface area contributed by atoms with Crippen LogP contribution in [0, 0.1) is 5.92 Å². The van der Waals surface area contributed by atoms with Crippen LogP contribution in [0.4, 0.5) is 0 Å². The molecule has 0 atom stereocenters. The summed E-state index contributed by atoms with van der Waals surface area (Å²) in [6.45, 7) is 6.83. The third kappa shape index (κ3) is 6.50. The van der Waals surface area contributed by atoms with Crippen molar-refractivity contribution in [2.45, 2.75) is 26.3 Å². The number of carbonyl (C=O) groups is 1. The molecule has 148 valence electrons. The molecule has 2 aromatic carbocycles. The fraction of sp³-hybridized carbons (Fsp3) is 0.375. The number of halogens is 1. The van der Waals surface area contributed by atoms with Gasteiger partial charge in [0, 0.05) is 30.7 Å². The Kier molecular flexibility index (Phi) is 7.70. The summed E-state index contributed by atoms with van der Waals surface area (Å²) >= 11 is 6.00. The van der Waals surface area contributed by atoms with Crippen molar-refractivity contribution in [3.8, 4) is 0 Å². The fourth-order valence-corrected chi connectivity index (χ4v) is 3.59. The predicted octanol–water partition coefficient (Wildman–Crippen LogP) is 5.11. The topological polar surface area (TPSA) is 23.6 Å². The number of rotatable bonds is 7. The van der Waals surface area contributed by atoms with Crippen LogP contribution in [-0.4, -0.2) is 41.9 Å². The zero-order valence-corrected chi connectivity index (χ0v) is 17.3. The molecule has 1 fully saturated rings. The van der Waals surface area contributed by atoms with Crippen molar-refractivity contribution < 1.29 is 4.79 Å². The highest BCUT2D eigenvalue weighted by Crippen LogP contribution is 2.16. The molecule has 1 aliphatic heterocycles. The highest BCUT2D eigenvalue weighted by molar-refractivity contribution is 6.30. The molecule has 1 aliphatic rings. The van der Waals surface area contributed by atoms with Crippen molar-refractivity contribution in [2.24, 2.45) is 5.92 Å².